The number of nitrogens with one attached hydrogen (secondary N) is 1. The van der Waals surface area contributed by atoms with E-state index in [0.29, 0.717) is 12.0 Å². The standard InChI is InChI=1S/C18H16N2O3S/c21-15(20-17(18(22)23)12-6-2-1-3-7-12)10-11-16-19-13-8-4-5-9-14(13)24-16/h1-9,17H,10-11H2,(H,20,21)(H,22,23)/t17-/m0/s1. The minimum Gasteiger partial charge on any atom is -0.479 e. The highest BCUT2D eigenvalue weighted by molar-refractivity contribution is 7.18. The first-order chi connectivity index (χ1) is 11.6. The number of aliphatic carboxylic acids is 1. The van der Waals surface area contributed by atoms with Crippen molar-refractivity contribution in [3.05, 3.63) is 65.2 Å². The van der Waals surface area contributed by atoms with Gasteiger partial charge in [0, 0.05) is 12.8 Å². The summed E-state index contributed by atoms with van der Waals surface area (Å²) < 4.78 is 1.08. The Morgan fingerprint density at radius 2 is 1.79 bits per heavy atom. The third kappa shape index (κ3) is 3.78. The molecule has 1 amide bonds. The number of hydrogen-bond donors (Lipinski definition) is 2. The largest absolute Gasteiger partial charge is 0.479 e. The van der Waals surface area contributed by atoms with Gasteiger partial charge in [-0.15, -0.1) is 11.3 Å². The average Bonchev–Trinajstić information content (AvgIpc) is 3.01. The molecule has 0 aliphatic carbocycles. The molecule has 3 aromatic rings. The highest BCUT2D eigenvalue weighted by Crippen LogP contribution is 2.22. The van der Waals surface area contributed by atoms with Crippen LogP contribution in [-0.4, -0.2) is 22.0 Å². The molecule has 2 aromatic carbocycles. The van der Waals surface area contributed by atoms with Crippen molar-refractivity contribution in [2.45, 2.75) is 18.9 Å². The zero-order valence-corrected chi connectivity index (χ0v) is 13.6. The van der Waals surface area contributed by atoms with E-state index in [1.165, 1.54) is 0 Å². The van der Waals surface area contributed by atoms with Crippen molar-refractivity contribution in [2.75, 3.05) is 0 Å². The monoisotopic (exact) mass is 340 g/mol. The fraction of sp³-hybridized carbons (Fsp3) is 0.167. The quantitative estimate of drug-likeness (QED) is 0.722. The molecule has 6 heteroatoms. The van der Waals surface area contributed by atoms with E-state index in [1.54, 1.807) is 41.7 Å². The van der Waals surface area contributed by atoms with Gasteiger partial charge in [0.1, 0.15) is 0 Å². The molecule has 1 atom stereocenters. The molecule has 0 saturated heterocycles. The Balaban J connectivity index is 1.62. The molecular formula is C18H16N2O3S. The molecule has 3 rings (SSSR count). The fourth-order valence-corrected chi connectivity index (χ4v) is 3.38. The summed E-state index contributed by atoms with van der Waals surface area (Å²) in [6.45, 7) is 0. The van der Waals surface area contributed by atoms with Gasteiger partial charge in [0.05, 0.1) is 15.2 Å². The van der Waals surface area contributed by atoms with Crippen LogP contribution in [0.15, 0.2) is 54.6 Å². The van der Waals surface area contributed by atoms with Gasteiger partial charge in [0.15, 0.2) is 6.04 Å². The molecule has 122 valence electrons. The number of carbonyl (C=O) groups excluding carboxylic acids is 1. The number of benzene rings is 2. The Hall–Kier alpha value is -2.73. The van der Waals surface area contributed by atoms with E-state index in [2.05, 4.69) is 10.3 Å². The van der Waals surface area contributed by atoms with Gasteiger partial charge < -0.3 is 10.4 Å². The highest BCUT2D eigenvalue weighted by Gasteiger charge is 2.21. The molecule has 0 unspecified atom stereocenters. The lowest BCUT2D eigenvalue weighted by molar-refractivity contribution is -0.142. The van der Waals surface area contributed by atoms with Gasteiger partial charge in [-0.2, -0.15) is 0 Å². The van der Waals surface area contributed by atoms with Crippen molar-refractivity contribution < 1.29 is 14.7 Å². The van der Waals surface area contributed by atoms with Crippen molar-refractivity contribution in [3.8, 4) is 0 Å². The summed E-state index contributed by atoms with van der Waals surface area (Å²) in [5.41, 5.74) is 1.48. The molecule has 1 aromatic heterocycles. The van der Waals surface area contributed by atoms with Crippen LogP contribution >= 0.6 is 11.3 Å². The van der Waals surface area contributed by atoms with Crippen LogP contribution in [0, 0.1) is 0 Å². The van der Waals surface area contributed by atoms with Gasteiger partial charge in [-0.3, -0.25) is 4.79 Å². The topological polar surface area (TPSA) is 79.3 Å². The number of carboxylic acid groups (broad SMARTS) is 1. The average molecular weight is 340 g/mol. The Morgan fingerprint density at radius 3 is 2.50 bits per heavy atom. The van der Waals surface area contributed by atoms with E-state index < -0.39 is 12.0 Å². The first-order valence-electron chi connectivity index (χ1n) is 7.55. The number of thiazole rings is 1. The summed E-state index contributed by atoms with van der Waals surface area (Å²) in [5.74, 6) is -1.37. The minimum atomic E-state index is -1.07. The molecule has 24 heavy (non-hydrogen) atoms. The summed E-state index contributed by atoms with van der Waals surface area (Å²) >= 11 is 1.55. The second-order valence-electron chi connectivity index (χ2n) is 5.32. The number of aromatic nitrogens is 1. The third-order valence-electron chi connectivity index (χ3n) is 3.59. The molecule has 5 nitrogen and oxygen atoms in total. The van der Waals surface area contributed by atoms with Crippen LogP contribution in [0.25, 0.3) is 10.2 Å². The molecule has 0 saturated carbocycles. The summed E-state index contributed by atoms with van der Waals surface area (Å²) in [4.78, 5) is 28.0. The van der Waals surface area contributed by atoms with Crippen LogP contribution in [0.3, 0.4) is 0 Å². The van der Waals surface area contributed by atoms with Crippen molar-refractivity contribution in [1.29, 1.82) is 0 Å². The van der Waals surface area contributed by atoms with E-state index in [9.17, 15) is 14.7 Å². The lowest BCUT2D eigenvalue weighted by Crippen LogP contribution is -2.33. The highest BCUT2D eigenvalue weighted by atomic mass is 32.1. The Labute approximate surface area is 143 Å². The molecule has 1 heterocycles. The molecule has 0 radical (unpaired) electrons. The van der Waals surface area contributed by atoms with Gasteiger partial charge in [-0.1, -0.05) is 42.5 Å². The van der Waals surface area contributed by atoms with Crippen molar-refractivity contribution in [2.24, 2.45) is 0 Å². The van der Waals surface area contributed by atoms with E-state index in [4.69, 9.17) is 0 Å². The number of carboxylic acids is 1. The molecule has 2 N–H and O–H groups in total. The molecular weight excluding hydrogens is 324 g/mol. The number of nitrogens with zero attached hydrogens (tertiary/aromatic N) is 1. The SMILES string of the molecule is O=C(CCc1nc2ccccc2s1)N[C@H](C(=O)O)c1ccccc1. The van der Waals surface area contributed by atoms with Crippen molar-refractivity contribution in [3.63, 3.8) is 0 Å². The number of fused-ring (bicyclic) bond motifs is 1. The van der Waals surface area contributed by atoms with Crippen LogP contribution in [0.1, 0.15) is 23.0 Å². The summed E-state index contributed by atoms with van der Waals surface area (Å²) in [6, 6.07) is 15.4. The van der Waals surface area contributed by atoms with Crippen LogP contribution in [0.2, 0.25) is 0 Å². The maximum absolute atomic E-state index is 12.1. The van der Waals surface area contributed by atoms with E-state index in [-0.39, 0.29) is 12.3 Å². The van der Waals surface area contributed by atoms with Gasteiger partial charge in [-0.05, 0) is 17.7 Å². The van der Waals surface area contributed by atoms with Gasteiger partial charge in [-0.25, -0.2) is 9.78 Å². The normalized spacial score (nSPS) is 12.0. The fourth-order valence-electron chi connectivity index (χ4n) is 2.41. The lowest BCUT2D eigenvalue weighted by Gasteiger charge is -2.14. The first-order valence-corrected chi connectivity index (χ1v) is 8.36. The number of rotatable bonds is 6. The molecule has 0 aliphatic rings. The Morgan fingerprint density at radius 1 is 1.08 bits per heavy atom. The Kier molecular flexibility index (Phi) is 4.86. The second kappa shape index (κ2) is 7.23. The molecule has 0 spiro atoms. The molecule has 0 bridgehead atoms. The van der Waals surface area contributed by atoms with Crippen LogP contribution in [0.4, 0.5) is 0 Å². The van der Waals surface area contributed by atoms with Crippen LogP contribution in [-0.2, 0) is 16.0 Å². The van der Waals surface area contributed by atoms with Crippen LogP contribution in [0.5, 0.6) is 0 Å². The van der Waals surface area contributed by atoms with Crippen molar-refractivity contribution >= 4 is 33.4 Å². The Bertz CT molecular complexity index is 828. The summed E-state index contributed by atoms with van der Waals surface area (Å²) in [7, 11) is 0. The zero-order valence-electron chi connectivity index (χ0n) is 12.8. The molecule has 0 aliphatic heterocycles. The summed E-state index contributed by atoms with van der Waals surface area (Å²) in [5, 5.41) is 12.8. The van der Waals surface area contributed by atoms with Gasteiger partial charge >= 0.3 is 5.97 Å². The number of para-hydroxylation sites is 1. The maximum atomic E-state index is 12.1. The van der Waals surface area contributed by atoms with Gasteiger partial charge in [0.2, 0.25) is 5.91 Å². The van der Waals surface area contributed by atoms with E-state index in [0.717, 1.165) is 15.2 Å². The number of amides is 1. The lowest BCUT2D eigenvalue weighted by atomic mass is 10.1. The predicted octanol–water partition coefficient (Wildman–Crippen LogP) is 3.17. The molecule has 0 fully saturated rings. The van der Waals surface area contributed by atoms with E-state index in [1.807, 2.05) is 24.3 Å². The zero-order chi connectivity index (χ0) is 16.9. The maximum Gasteiger partial charge on any atom is 0.330 e. The minimum absolute atomic E-state index is 0.205. The summed E-state index contributed by atoms with van der Waals surface area (Å²) in [6.07, 6.45) is 0.697. The van der Waals surface area contributed by atoms with Crippen LogP contribution < -0.4 is 5.32 Å². The van der Waals surface area contributed by atoms with Crippen molar-refractivity contribution in [1.82, 2.24) is 10.3 Å². The second-order valence-corrected chi connectivity index (χ2v) is 6.44. The number of hydrogen-bond acceptors (Lipinski definition) is 4. The van der Waals surface area contributed by atoms with E-state index >= 15 is 0 Å². The van der Waals surface area contributed by atoms with Gasteiger partial charge in [0.25, 0.3) is 0 Å². The predicted molar refractivity (Wildman–Crippen MR) is 92.9 cm³/mol. The number of aryl methyl sites for hydroxylation is 1. The smallest absolute Gasteiger partial charge is 0.330 e. The third-order valence-corrected chi connectivity index (χ3v) is 4.69. The number of carbonyl (C=O) groups is 2. The first kappa shape index (κ1) is 16.1.